The Morgan fingerprint density at radius 3 is 2.66 bits per heavy atom. The van der Waals surface area contributed by atoms with Crippen LogP contribution in [0.25, 0.3) is 22.4 Å². The highest BCUT2D eigenvalue weighted by Crippen LogP contribution is 2.37. The van der Waals surface area contributed by atoms with Crippen molar-refractivity contribution in [3.8, 4) is 22.4 Å². The van der Waals surface area contributed by atoms with Crippen molar-refractivity contribution in [3.63, 3.8) is 0 Å². The molecule has 1 aromatic carbocycles. The molecule has 1 saturated carbocycles. The lowest BCUT2D eigenvalue weighted by Crippen LogP contribution is -2.35. The maximum Gasteiger partial charge on any atom is 0.304 e. The van der Waals surface area contributed by atoms with Crippen molar-refractivity contribution in [3.05, 3.63) is 47.5 Å². The summed E-state index contributed by atoms with van der Waals surface area (Å²) in [5.41, 5.74) is 4.62. The van der Waals surface area contributed by atoms with Crippen LogP contribution in [0.1, 0.15) is 50.5 Å². The van der Waals surface area contributed by atoms with Gasteiger partial charge in [0.15, 0.2) is 5.13 Å². The minimum Gasteiger partial charge on any atom is -0.481 e. The minimum atomic E-state index is -0.947. The molecule has 1 aliphatic heterocycles. The average Bonchev–Trinajstić information content (AvgIpc) is 3.62. The van der Waals surface area contributed by atoms with Crippen molar-refractivity contribution in [2.24, 2.45) is 11.8 Å². The van der Waals surface area contributed by atoms with Gasteiger partial charge in [0.2, 0.25) is 11.8 Å². The number of aliphatic carboxylic acids is 1. The van der Waals surface area contributed by atoms with E-state index in [9.17, 15) is 19.5 Å². The van der Waals surface area contributed by atoms with Crippen LogP contribution in [0.3, 0.4) is 0 Å². The van der Waals surface area contributed by atoms with E-state index in [1.54, 1.807) is 25.2 Å². The molecular formula is C29H32N4O4S. The van der Waals surface area contributed by atoms with Crippen molar-refractivity contribution < 1.29 is 19.5 Å². The molecule has 9 heteroatoms. The quantitative estimate of drug-likeness (QED) is 0.416. The van der Waals surface area contributed by atoms with E-state index in [0.717, 1.165) is 53.6 Å². The van der Waals surface area contributed by atoms with Crippen molar-refractivity contribution in [1.82, 2.24) is 9.97 Å². The maximum absolute atomic E-state index is 13.4. The average molecular weight is 533 g/mol. The van der Waals surface area contributed by atoms with Gasteiger partial charge in [-0.15, -0.1) is 11.3 Å². The van der Waals surface area contributed by atoms with Crippen LogP contribution in [0.2, 0.25) is 0 Å². The SMILES string of the molecule is CN(C(=O)C(CC(=O)O)CC1CCCC1)c1nc(-c2ccccc2-c2cnc3c(c2)CCC(=O)N3C)cs1. The Morgan fingerprint density at radius 1 is 1.18 bits per heavy atom. The molecule has 0 spiro atoms. The number of anilines is 2. The summed E-state index contributed by atoms with van der Waals surface area (Å²) in [5, 5.41) is 11.9. The summed E-state index contributed by atoms with van der Waals surface area (Å²) in [4.78, 5) is 49.5. The minimum absolute atomic E-state index is 0.0701. The molecule has 3 aromatic rings. The predicted molar refractivity (Wildman–Crippen MR) is 148 cm³/mol. The zero-order valence-electron chi connectivity index (χ0n) is 21.7. The van der Waals surface area contributed by atoms with E-state index < -0.39 is 11.9 Å². The number of fused-ring (bicyclic) bond motifs is 1. The number of hydrogen-bond donors (Lipinski definition) is 1. The molecule has 2 amide bonds. The molecule has 0 saturated heterocycles. The van der Waals surface area contributed by atoms with Crippen LogP contribution < -0.4 is 9.80 Å². The first kappa shape index (κ1) is 26.0. The summed E-state index contributed by atoms with van der Waals surface area (Å²) in [5.74, 6) is -0.498. The standard InChI is InChI=1S/C29H32N4O4S/c1-32-25(34)12-11-19-14-21(16-30-27(19)32)22-9-5-6-10-23(22)24-17-38-29(31-24)33(2)28(37)20(15-26(35)36)13-18-7-3-4-8-18/h5-6,9-10,14,16-18,20H,3-4,7-8,11-13,15H2,1-2H3,(H,35,36). The first-order chi connectivity index (χ1) is 18.3. The molecule has 2 aliphatic rings. The number of nitrogens with zero attached hydrogens (tertiary/aromatic N) is 4. The molecule has 0 bridgehead atoms. The molecule has 2 aromatic heterocycles. The number of amides is 2. The number of hydrogen-bond acceptors (Lipinski definition) is 6. The fraction of sp³-hybridized carbons (Fsp3) is 0.414. The van der Waals surface area contributed by atoms with Gasteiger partial charge in [0.1, 0.15) is 5.82 Å². The highest BCUT2D eigenvalue weighted by molar-refractivity contribution is 7.14. The molecule has 198 valence electrons. The van der Waals surface area contributed by atoms with E-state index >= 15 is 0 Å². The van der Waals surface area contributed by atoms with Gasteiger partial charge in [-0.05, 0) is 36.0 Å². The number of carboxylic acid groups (broad SMARTS) is 1. The van der Waals surface area contributed by atoms with Crippen LogP contribution in [0.5, 0.6) is 0 Å². The highest BCUT2D eigenvalue weighted by atomic mass is 32.1. The second-order valence-electron chi connectivity index (χ2n) is 10.3. The molecular weight excluding hydrogens is 500 g/mol. The highest BCUT2D eigenvalue weighted by Gasteiger charge is 2.31. The molecule has 1 unspecified atom stereocenters. The number of carbonyl (C=O) groups is 3. The molecule has 3 heterocycles. The second kappa shape index (κ2) is 11.0. The van der Waals surface area contributed by atoms with E-state index in [-0.39, 0.29) is 18.2 Å². The number of thiazole rings is 1. The van der Waals surface area contributed by atoms with Gasteiger partial charge < -0.3 is 5.11 Å². The third-order valence-electron chi connectivity index (χ3n) is 7.73. The number of carbonyl (C=O) groups excluding carboxylic acids is 2. The van der Waals surface area contributed by atoms with E-state index in [4.69, 9.17) is 4.98 Å². The molecule has 5 rings (SSSR count). The normalized spacial score (nSPS) is 16.4. The Kier molecular flexibility index (Phi) is 7.56. The Bertz CT molecular complexity index is 1360. The number of carboxylic acids is 1. The fourth-order valence-electron chi connectivity index (χ4n) is 5.66. The molecule has 1 aliphatic carbocycles. The Morgan fingerprint density at radius 2 is 1.92 bits per heavy atom. The maximum atomic E-state index is 13.4. The predicted octanol–water partition coefficient (Wildman–Crippen LogP) is 5.42. The van der Waals surface area contributed by atoms with Crippen molar-refractivity contribution in [2.75, 3.05) is 23.9 Å². The third-order valence-corrected chi connectivity index (χ3v) is 8.65. The van der Waals surface area contributed by atoms with Gasteiger partial charge in [-0.25, -0.2) is 9.97 Å². The van der Waals surface area contributed by atoms with Crippen LogP contribution in [0.4, 0.5) is 10.9 Å². The number of aromatic nitrogens is 2. The summed E-state index contributed by atoms with van der Waals surface area (Å²) in [7, 11) is 3.44. The Hall–Kier alpha value is -3.59. The number of pyridine rings is 1. The summed E-state index contributed by atoms with van der Waals surface area (Å²) in [6.07, 6.45) is 7.80. The van der Waals surface area contributed by atoms with Crippen LogP contribution in [-0.4, -0.2) is 47.0 Å². The van der Waals surface area contributed by atoms with E-state index in [0.29, 0.717) is 36.1 Å². The zero-order chi connectivity index (χ0) is 26.8. The summed E-state index contributed by atoms with van der Waals surface area (Å²) >= 11 is 1.37. The fourth-order valence-corrected chi connectivity index (χ4v) is 6.46. The first-order valence-corrected chi connectivity index (χ1v) is 14.0. The van der Waals surface area contributed by atoms with E-state index in [1.165, 1.54) is 16.2 Å². The summed E-state index contributed by atoms with van der Waals surface area (Å²) in [6, 6.07) is 10.0. The molecule has 1 N–H and O–H groups in total. The van der Waals surface area contributed by atoms with Gasteiger partial charge in [0.05, 0.1) is 12.1 Å². The largest absolute Gasteiger partial charge is 0.481 e. The van der Waals surface area contributed by atoms with E-state index in [1.807, 2.05) is 29.6 Å². The van der Waals surface area contributed by atoms with Crippen molar-refractivity contribution in [1.29, 1.82) is 0 Å². The van der Waals surface area contributed by atoms with Gasteiger partial charge in [-0.1, -0.05) is 49.9 Å². The third kappa shape index (κ3) is 5.34. The second-order valence-corrected chi connectivity index (χ2v) is 11.1. The number of rotatable bonds is 8. The summed E-state index contributed by atoms with van der Waals surface area (Å²) < 4.78 is 0. The van der Waals surface area contributed by atoms with E-state index in [2.05, 4.69) is 11.1 Å². The lowest BCUT2D eigenvalue weighted by atomic mass is 9.90. The van der Waals surface area contributed by atoms with Crippen LogP contribution >= 0.6 is 11.3 Å². The van der Waals surface area contributed by atoms with Crippen LogP contribution in [0, 0.1) is 11.8 Å². The van der Waals surface area contributed by atoms with Gasteiger partial charge >= 0.3 is 5.97 Å². The van der Waals surface area contributed by atoms with Gasteiger partial charge in [0, 0.05) is 49.1 Å². The van der Waals surface area contributed by atoms with Crippen LogP contribution in [0.15, 0.2) is 41.9 Å². The molecule has 38 heavy (non-hydrogen) atoms. The van der Waals surface area contributed by atoms with Crippen molar-refractivity contribution >= 4 is 40.1 Å². The number of aryl methyl sites for hydroxylation is 1. The lowest BCUT2D eigenvalue weighted by Gasteiger charge is -2.25. The molecule has 1 atom stereocenters. The first-order valence-electron chi connectivity index (χ1n) is 13.1. The van der Waals surface area contributed by atoms with Gasteiger partial charge in [0.25, 0.3) is 0 Å². The molecule has 0 radical (unpaired) electrons. The Balaban J connectivity index is 1.40. The molecule has 1 fully saturated rings. The van der Waals surface area contributed by atoms with Crippen molar-refractivity contribution in [2.45, 2.75) is 51.4 Å². The number of benzene rings is 1. The smallest absolute Gasteiger partial charge is 0.304 e. The van der Waals surface area contributed by atoms with Gasteiger partial charge in [-0.2, -0.15) is 0 Å². The topological polar surface area (TPSA) is 104 Å². The lowest BCUT2D eigenvalue weighted by molar-refractivity contribution is -0.140. The molecule has 8 nitrogen and oxygen atoms in total. The Labute approximate surface area is 226 Å². The van der Waals surface area contributed by atoms with Gasteiger partial charge in [-0.3, -0.25) is 24.2 Å². The summed E-state index contributed by atoms with van der Waals surface area (Å²) in [6.45, 7) is 0. The van der Waals surface area contributed by atoms with Crippen LogP contribution in [-0.2, 0) is 20.8 Å². The monoisotopic (exact) mass is 532 g/mol. The zero-order valence-corrected chi connectivity index (χ0v) is 22.5.